The highest BCUT2D eigenvalue weighted by Crippen LogP contribution is 2.42. The van der Waals surface area contributed by atoms with Crippen LogP contribution in [0.1, 0.15) is 68.7 Å². The first-order valence-electron chi connectivity index (χ1n) is 23.4. The molecule has 1 amide bonds. The molecule has 0 spiro atoms. The average Bonchev–Trinajstić information content (AvgIpc) is 3.26. The van der Waals surface area contributed by atoms with Crippen molar-refractivity contribution in [3.05, 3.63) is 0 Å². The first kappa shape index (κ1) is 62.9. The van der Waals surface area contributed by atoms with E-state index in [0.717, 1.165) is 69.4 Å². The third-order valence-electron chi connectivity index (χ3n) is 11.1. The van der Waals surface area contributed by atoms with E-state index in [1.54, 1.807) is 0 Å². The summed E-state index contributed by atoms with van der Waals surface area (Å²) >= 11 is 0. The van der Waals surface area contributed by atoms with E-state index in [-0.39, 0.29) is 6.61 Å². The van der Waals surface area contributed by atoms with Crippen molar-refractivity contribution in [2.45, 2.75) is 192 Å². The molecule has 4 N–H and O–H groups in total. The van der Waals surface area contributed by atoms with Crippen LogP contribution in [0, 0.1) is 0 Å². The number of methoxy groups -OCH3 is 1. The molecule has 420 valence electrons. The highest BCUT2D eigenvalue weighted by atomic mass is 28.3. The third-order valence-corrected chi connectivity index (χ3v) is 12.8. The molecule has 28 nitrogen and oxygen atoms in total. The van der Waals surface area contributed by atoms with Gasteiger partial charge in [-0.3, -0.25) is 43.2 Å². The van der Waals surface area contributed by atoms with Crippen LogP contribution in [0.25, 0.3) is 0 Å². The van der Waals surface area contributed by atoms with Crippen molar-refractivity contribution in [1.29, 1.82) is 0 Å². The third kappa shape index (κ3) is 18.8. The van der Waals surface area contributed by atoms with Gasteiger partial charge in [0, 0.05) is 77.0 Å². The van der Waals surface area contributed by atoms with Crippen molar-refractivity contribution in [2.75, 3.05) is 33.5 Å². The monoisotopic (exact) mass is 1080 g/mol. The number of ether oxygens (including phenoxy) is 15. The van der Waals surface area contributed by atoms with Crippen LogP contribution in [0.5, 0.6) is 0 Å². The summed E-state index contributed by atoms with van der Waals surface area (Å²) in [4.78, 5) is 129. The molecule has 16 atom stereocenters. The maximum atomic E-state index is 14.6. The fourth-order valence-electron chi connectivity index (χ4n) is 8.07. The molecular formula is C45H70N2O26Si. The fourth-order valence-corrected chi connectivity index (χ4v) is 8.80. The lowest BCUT2D eigenvalue weighted by Gasteiger charge is -2.52. The first-order chi connectivity index (χ1) is 34.4. The minimum atomic E-state index is -3.07. The Hall–Kier alpha value is -5.40. The van der Waals surface area contributed by atoms with E-state index < -0.39 is 192 Å². The number of carbonyl (C=O) groups excluding carboxylic acids is 10. The Labute approximate surface area is 427 Å². The minimum absolute atomic E-state index is 0.175. The summed E-state index contributed by atoms with van der Waals surface area (Å²) in [5.74, 6) is -13.2. The molecule has 74 heavy (non-hydrogen) atoms. The van der Waals surface area contributed by atoms with Crippen LogP contribution in [0.15, 0.2) is 0 Å². The van der Waals surface area contributed by atoms with E-state index in [1.807, 2.05) is 0 Å². The summed E-state index contributed by atoms with van der Waals surface area (Å²) in [6.45, 7) is 13.1. The van der Waals surface area contributed by atoms with Crippen molar-refractivity contribution in [3.8, 4) is 0 Å². The van der Waals surface area contributed by atoms with Gasteiger partial charge in [0.1, 0.15) is 62.5 Å². The van der Waals surface area contributed by atoms with Crippen molar-refractivity contribution >= 4 is 67.7 Å². The number of rotatable bonds is 23. The van der Waals surface area contributed by atoms with E-state index in [1.165, 1.54) is 0 Å². The maximum absolute atomic E-state index is 14.6. The number of aliphatic hydroxyl groups is 1. The van der Waals surface area contributed by atoms with Gasteiger partial charge >= 0.3 is 53.7 Å². The van der Waals surface area contributed by atoms with Crippen LogP contribution in [-0.4, -0.2) is 204 Å². The summed E-state index contributed by atoms with van der Waals surface area (Å²) in [5.41, 5.74) is 6.49. The zero-order valence-corrected chi connectivity index (χ0v) is 44.6. The van der Waals surface area contributed by atoms with Gasteiger partial charge < -0.3 is 87.2 Å². The smallest absolute Gasteiger partial charge is 0.366 e. The van der Waals surface area contributed by atoms with Crippen molar-refractivity contribution in [2.24, 2.45) is 5.73 Å². The van der Waals surface area contributed by atoms with Crippen molar-refractivity contribution in [1.82, 2.24) is 5.32 Å². The molecule has 0 bridgehead atoms. The second-order valence-corrected chi connectivity index (χ2v) is 24.3. The lowest BCUT2D eigenvalue weighted by atomic mass is 9.87. The minimum Gasteiger partial charge on any atom is -0.465 e. The Kier molecular flexibility index (Phi) is 23.7. The Bertz CT molecular complexity index is 2020. The van der Waals surface area contributed by atoms with E-state index >= 15 is 0 Å². The van der Waals surface area contributed by atoms with Gasteiger partial charge in [0.15, 0.2) is 37.0 Å². The molecule has 0 aromatic rings. The Morgan fingerprint density at radius 2 is 1.20 bits per heavy atom. The van der Waals surface area contributed by atoms with E-state index in [2.05, 4.69) is 25.0 Å². The van der Waals surface area contributed by atoms with Crippen LogP contribution < -0.4 is 11.1 Å². The summed E-state index contributed by atoms with van der Waals surface area (Å²) in [5, 5.41) is 14.4. The van der Waals surface area contributed by atoms with Gasteiger partial charge in [-0.2, -0.15) is 0 Å². The summed E-state index contributed by atoms with van der Waals surface area (Å²) in [6.07, 6.45) is -24.7. The number of esters is 9. The molecule has 3 aliphatic rings. The fraction of sp³-hybridized carbons (Fsp3) is 0.778. The zero-order chi connectivity index (χ0) is 56.0. The zero-order valence-electron chi connectivity index (χ0n) is 43.6. The summed E-state index contributed by atoms with van der Waals surface area (Å²) in [7, 11) is -0.799. The number of nitrogens with one attached hydrogen (secondary N) is 1. The maximum Gasteiger partial charge on any atom is 0.366 e. The van der Waals surface area contributed by atoms with Gasteiger partial charge in [0.2, 0.25) is 5.91 Å². The van der Waals surface area contributed by atoms with Crippen molar-refractivity contribution < 1.29 is 124 Å². The molecule has 0 aliphatic carbocycles. The second-order valence-electron chi connectivity index (χ2n) is 18.7. The highest BCUT2D eigenvalue weighted by molar-refractivity contribution is 6.76. The van der Waals surface area contributed by atoms with Gasteiger partial charge in [-0.25, -0.2) is 4.79 Å². The molecule has 0 aromatic heterocycles. The van der Waals surface area contributed by atoms with Crippen molar-refractivity contribution in [3.63, 3.8) is 0 Å². The Morgan fingerprint density at radius 1 is 0.676 bits per heavy atom. The SMILES string of the molecule is COC(=O)[C@@]1(O[C@H]2[C@@H](OC(C)=O)[C@@H](COC(C)=O)O[C@@H](O[C@H]3[C@H](O)[C@@H](N)[C@H](OCC[Si](C)(C)C)O[C@@H]3COC(C)=O)[C@@H]2OC(C)=O)C[C@H](OC(C)=O)[C@@H](NC(C)=O)[C@H]([C@H](OC(C)=O)[C@@H](COC(C)=O)OC(C)=O)O1. The molecule has 0 unspecified atom stereocenters. The van der Waals surface area contributed by atoms with Crippen LogP contribution in [0.2, 0.25) is 25.7 Å². The first-order valence-corrected chi connectivity index (χ1v) is 27.1. The lowest BCUT2D eigenvalue weighted by molar-refractivity contribution is -0.383. The summed E-state index contributed by atoms with van der Waals surface area (Å²) < 4.78 is 86.9. The molecule has 0 aromatic carbocycles. The molecular weight excluding hydrogens is 1010 g/mol. The van der Waals surface area contributed by atoms with Gasteiger partial charge in [-0.1, -0.05) is 19.6 Å². The Morgan fingerprint density at radius 3 is 1.69 bits per heavy atom. The van der Waals surface area contributed by atoms with Crippen LogP contribution in [0.3, 0.4) is 0 Å². The van der Waals surface area contributed by atoms with Gasteiger partial charge in [0.05, 0.1) is 25.6 Å². The molecule has 29 heteroatoms. The number of hydrogen-bond donors (Lipinski definition) is 3. The van der Waals surface area contributed by atoms with Gasteiger partial charge in [-0.15, -0.1) is 0 Å². The topological polar surface area (TPSA) is 367 Å². The van der Waals surface area contributed by atoms with E-state index in [0.29, 0.717) is 6.04 Å². The number of nitrogens with two attached hydrogens (primary N) is 1. The van der Waals surface area contributed by atoms with Gasteiger partial charge in [-0.05, 0) is 6.04 Å². The highest BCUT2D eigenvalue weighted by Gasteiger charge is 2.64. The predicted octanol–water partition coefficient (Wildman–Crippen LogP) is -1.24. The number of hydrogen-bond acceptors (Lipinski definition) is 27. The quantitative estimate of drug-likeness (QED) is 0.0612. The lowest BCUT2D eigenvalue weighted by Crippen LogP contribution is -2.72. The molecule has 3 rings (SSSR count). The summed E-state index contributed by atoms with van der Waals surface area (Å²) in [6, 6.07) is -2.37. The molecule has 3 saturated heterocycles. The average molecular weight is 1080 g/mol. The van der Waals surface area contributed by atoms with E-state index in [9.17, 15) is 53.1 Å². The molecule has 3 fully saturated rings. The largest absolute Gasteiger partial charge is 0.465 e. The standard InChI is InChI=1S/C45H70N2O26Si/c1-20(48)47-34-29(64-24(5)52)16-45(44(58)59-10,72-39(34)37(66-26(7)54)31(65-25(6)53)18-62-22(3)50)73-40-38(67-27(8)55)32(19-63-23(4)51)70-43(41(40)68-28(9)56)71-36-30(17-61-21(2)49)69-42(33(46)35(36)57)60-14-15-74(11,12)13/h29-43,57H,14-19,46H2,1-13H3,(H,47,48)/t29-,30+,31+,32+,33+,34+,35+,36+,37+,38-,39+,40-,41+,42+,43-,45-/m0/s1. The van der Waals surface area contributed by atoms with Crippen LogP contribution >= 0.6 is 0 Å². The molecule has 0 radical (unpaired) electrons. The molecule has 0 saturated carbocycles. The predicted molar refractivity (Wildman–Crippen MR) is 245 cm³/mol. The number of amides is 1. The molecule has 3 aliphatic heterocycles. The second kappa shape index (κ2) is 27.9. The van der Waals surface area contributed by atoms with Crippen LogP contribution in [0.4, 0.5) is 0 Å². The number of aliphatic hydroxyl groups excluding tert-OH is 1. The normalized spacial score (nSPS) is 30.7. The van der Waals surface area contributed by atoms with Crippen LogP contribution in [-0.2, 0) is 119 Å². The Balaban J connectivity index is 2.41. The number of carbonyl (C=O) groups is 10. The van der Waals surface area contributed by atoms with Gasteiger partial charge in [0.25, 0.3) is 5.79 Å². The molecule has 3 heterocycles. The van der Waals surface area contributed by atoms with E-state index in [4.69, 9.17) is 76.8 Å².